The molecule has 3 N–H and O–H groups in total. The fraction of sp³-hybridized carbons (Fsp3) is 0.0714. The Bertz CT molecular complexity index is 701. The van der Waals surface area contributed by atoms with Gasteiger partial charge >= 0.3 is 5.97 Å². The molecule has 0 aliphatic heterocycles. The summed E-state index contributed by atoms with van der Waals surface area (Å²) in [4.78, 5) is 11.0. The molecule has 8 heteroatoms. The van der Waals surface area contributed by atoms with Crippen molar-refractivity contribution >= 4 is 63.6 Å². The number of nitrogens with one attached hydrogen (secondary N) is 1. The summed E-state index contributed by atoms with van der Waals surface area (Å²) in [6.45, 7) is 0. The molecule has 0 amide bonds. The third kappa shape index (κ3) is 4.08. The average Bonchev–Trinajstić information content (AvgIpc) is 2.43. The summed E-state index contributed by atoms with van der Waals surface area (Å²) in [5, 5.41) is 21.9. The highest BCUT2D eigenvalue weighted by atomic mass is 127. The molecule has 5 nitrogen and oxygen atoms in total. The van der Waals surface area contributed by atoms with Crippen LogP contribution in [0, 0.1) is 0 Å². The van der Waals surface area contributed by atoms with Crippen LogP contribution in [0.4, 0.5) is 11.4 Å². The second-order valence-corrected chi connectivity index (χ2v) is 5.63. The second-order valence-electron chi connectivity index (χ2n) is 4.38. The molecule has 0 radical (unpaired) electrons. The van der Waals surface area contributed by atoms with Gasteiger partial charge < -0.3 is 18.6 Å². The lowest BCUT2D eigenvalue weighted by Gasteiger charge is -2.14. The molecular formula is C14H10Cl2INO4. The number of hydrogen-bond acceptors (Lipinski definition) is 4. The van der Waals surface area contributed by atoms with Gasteiger partial charge in [0, 0.05) is 17.8 Å². The minimum atomic E-state index is -0.975. The molecule has 0 aromatic heterocycles. The van der Waals surface area contributed by atoms with E-state index in [2.05, 4.69) is 5.32 Å². The lowest BCUT2D eigenvalue weighted by Crippen LogP contribution is -2.04. The van der Waals surface area contributed by atoms with Crippen LogP contribution in [-0.2, 0) is 11.2 Å². The molecule has 0 spiro atoms. The van der Waals surface area contributed by atoms with Crippen molar-refractivity contribution in [2.45, 2.75) is 6.42 Å². The number of phenols is 1. The number of carboxylic acid groups (broad SMARTS) is 1. The molecule has 2 rings (SSSR count). The van der Waals surface area contributed by atoms with E-state index in [0.29, 0.717) is 22.7 Å². The predicted molar refractivity (Wildman–Crippen MR) is 93.8 cm³/mol. The van der Waals surface area contributed by atoms with Gasteiger partial charge in [0.15, 0.2) is 23.0 Å². The average molecular weight is 454 g/mol. The molecule has 0 saturated carbocycles. The molecule has 0 bridgehead atoms. The number of phenolic OH excluding ortho intramolecular Hbond substituents is 1. The monoisotopic (exact) mass is 453 g/mol. The summed E-state index contributed by atoms with van der Waals surface area (Å²) < 4.78 is 5.07. The van der Waals surface area contributed by atoms with E-state index in [4.69, 9.17) is 31.4 Å². The lowest BCUT2D eigenvalue weighted by molar-refractivity contribution is -0.136. The van der Waals surface area contributed by atoms with Crippen molar-refractivity contribution in [2.75, 3.05) is 5.32 Å². The zero-order valence-electron chi connectivity index (χ0n) is 10.9. The molecule has 0 fully saturated rings. The highest BCUT2D eigenvalue weighted by Crippen LogP contribution is 2.37. The van der Waals surface area contributed by atoms with Gasteiger partial charge in [-0.25, -0.2) is 0 Å². The molecule has 0 heterocycles. The molecule has 0 aliphatic rings. The van der Waals surface area contributed by atoms with Gasteiger partial charge in [-0.3, -0.25) is 4.79 Å². The van der Waals surface area contributed by atoms with Crippen molar-refractivity contribution in [2.24, 2.45) is 0 Å². The molecule has 0 unspecified atom stereocenters. The lowest BCUT2D eigenvalue weighted by atomic mass is 10.1. The number of rotatable bonds is 5. The third-order valence-corrected chi connectivity index (χ3v) is 3.90. The van der Waals surface area contributed by atoms with E-state index in [1.807, 2.05) is 0 Å². The first-order chi connectivity index (χ1) is 10.4. The molecule has 0 atom stereocenters. The summed E-state index contributed by atoms with van der Waals surface area (Å²) in [5.41, 5.74) is 1.44. The fourth-order valence-corrected chi connectivity index (χ4v) is 2.71. The number of aliphatic carboxylic acids is 1. The second kappa shape index (κ2) is 7.26. The molecular weight excluding hydrogens is 444 g/mol. The molecule has 22 heavy (non-hydrogen) atoms. The van der Waals surface area contributed by atoms with Crippen molar-refractivity contribution in [3.8, 4) is 11.5 Å². The topological polar surface area (TPSA) is 78.8 Å². The zero-order valence-corrected chi connectivity index (χ0v) is 14.6. The number of carboxylic acids is 1. The van der Waals surface area contributed by atoms with Gasteiger partial charge in [-0.1, -0.05) is 23.2 Å². The van der Waals surface area contributed by atoms with E-state index < -0.39 is 5.97 Å². The highest BCUT2D eigenvalue weighted by molar-refractivity contribution is 14.1. The molecule has 2 aromatic rings. The Morgan fingerprint density at radius 3 is 2.41 bits per heavy atom. The number of hydrogen-bond donors (Lipinski definition) is 3. The Morgan fingerprint density at radius 1 is 1.23 bits per heavy atom. The van der Waals surface area contributed by atoms with Crippen LogP contribution in [-0.4, -0.2) is 16.2 Å². The van der Waals surface area contributed by atoms with E-state index in [0.717, 1.165) is 0 Å². The maximum absolute atomic E-state index is 11.0. The Balaban J connectivity index is 2.43. The number of aromatic hydroxyl groups is 1. The molecule has 0 aliphatic carbocycles. The van der Waals surface area contributed by atoms with E-state index in [1.54, 1.807) is 41.2 Å². The van der Waals surface area contributed by atoms with Crippen LogP contribution in [0.15, 0.2) is 30.3 Å². The van der Waals surface area contributed by atoms with Crippen molar-refractivity contribution < 1.29 is 18.1 Å². The van der Waals surface area contributed by atoms with Crippen LogP contribution in [0.3, 0.4) is 0 Å². The molecule has 0 saturated heterocycles. The number of halogens is 3. The first-order valence-electron chi connectivity index (χ1n) is 5.99. The van der Waals surface area contributed by atoms with Crippen molar-refractivity contribution in [3.05, 3.63) is 45.9 Å². The van der Waals surface area contributed by atoms with Gasteiger partial charge in [-0.2, -0.15) is 0 Å². The maximum Gasteiger partial charge on any atom is 0.307 e. The van der Waals surface area contributed by atoms with Crippen LogP contribution in [0.5, 0.6) is 11.5 Å². The van der Waals surface area contributed by atoms with Crippen LogP contribution in [0.1, 0.15) is 5.56 Å². The predicted octanol–water partition coefficient (Wildman–Crippen LogP) is 4.80. The van der Waals surface area contributed by atoms with E-state index in [1.165, 1.54) is 12.1 Å². The van der Waals surface area contributed by atoms with Gasteiger partial charge in [0.2, 0.25) is 0 Å². The highest BCUT2D eigenvalue weighted by Gasteiger charge is 2.13. The van der Waals surface area contributed by atoms with Crippen molar-refractivity contribution in [1.29, 1.82) is 0 Å². The van der Waals surface area contributed by atoms with Crippen molar-refractivity contribution in [3.63, 3.8) is 0 Å². The van der Waals surface area contributed by atoms with E-state index in [-0.39, 0.29) is 22.2 Å². The summed E-state index contributed by atoms with van der Waals surface area (Å²) in [6, 6.07) is 7.66. The summed E-state index contributed by atoms with van der Waals surface area (Å²) in [7, 11) is 0. The largest absolute Gasteiger partial charge is 0.508 e. The van der Waals surface area contributed by atoms with E-state index in [9.17, 15) is 9.90 Å². The Morgan fingerprint density at radius 2 is 1.86 bits per heavy atom. The van der Waals surface area contributed by atoms with Gasteiger partial charge in [0.1, 0.15) is 11.5 Å². The first kappa shape index (κ1) is 17.0. The summed E-state index contributed by atoms with van der Waals surface area (Å²) in [5.74, 6) is -0.498. The molecule has 116 valence electrons. The smallest absolute Gasteiger partial charge is 0.307 e. The van der Waals surface area contributed by atoms with Gasteiger partial charge in [-0.15, -0.1) is 0 Å². The van der Waals surface area contributed by atoms with Crippen molar-refractivity contribution in [1.82, 2.24) is 0 Å². The fourth-order valence-electron chi connectivity index (χ4n) is 1.86. The number of benzene rings is 2. The maximum atomic E-state index is 11.0. The van der Waals surface area contributed by atoms with Gasteiger partial charge in [0.25, 0.3) is 0 Å². The Kier molecular flexibility index (Phi) is 5.60. The van der Waals surface area contributed by atoms with Crippen LogP contribution < -0.4 is 8.38 Å². The minimum Gasteiger partial charge on any atom is -0.508 e. The standard InChI is InChI=1S/C14H10Cl2INO4/c15-10-5-8(19)6-11(16)14(10)18-12-2-1-9(22-17)3-7(12)4-13(20)21/h1-3,5-6,18-19H,4H2,(H,20,21). The third-order valence-electron chi connectivity index (χ3n) is 2.79. The molecule has 2 aromatic carbocycles. The SMILES string of the molecule is O=C(O)Cc1cc(OI)ccc1Nc1c(Cl)cc(O)cc1Cl. The normalized spacial score (nSPS) is 10.3. The van der Waals surface area contributed by atoms with E-state index >= 15 is 0 Å². The minimum absolute atomic E-state index is 0.0556. The Labute approximate surface area is 150 Å². The summed E-state index contributed by atoms with van der Waals surface area (Å²) >= 11 is 13.8. The summed E-state index contributed by atoms with van der Waals surface area (Å²) in [6.07, 6.45) is -0.191. The number of anilines is 2. The zero-order chi connectivity index (χ0) is 16.3. The number of carbonyl (C=O) groups is 1. The van der Waals surface area contributed by atoms with Crippen LogP contribution in [0.25, 0.3) is 0 Å². The quantitative estimate of drug-likeness (QED) is 0.447. The first-order valence-corrected chi connectivity index (χ1v) is 7.62. The van der Waals surface area contributed by atoms with Crippen LogP contribution >= 0.6 is 46.2 Å². The van der Waals surface area contributed by atoms with Gasteiger partial charge in [0.05, 0.1) is 22.2 Å². The van der Waals surface area contributed by atoms with Crippen LogP contribution in [0.2, 0.25) is 10.0 Å². The Hall–Kier alpha value is -1.38. The van der Waals surface area contributed by atoms with Gasteiger partial charge in [-0.05, 0) is 23.8 Å².